The molecule has 0 spiro atoms. The summed E-state index contributed by atoms with van der Waals surface area (Å²) in [5, 5.41) is 9.24. The average Bonchev–Trinajstić information content (AvgIpc) is 2.40. The van der Waals surface area contributed by atoms with Gasteiger partial charge in [0.25, 0.3) is 0 Å². The summed E-state index contributed by atoms with van der Waals surface area (Å²) < 4.78 is 32.0. The third-order valence-corrected chi connectivity index (χ3v) is 4.89. The minimum atomic E-state index is -3.85. The first-order valence-corrected chi connectivity index (χ1v) is 8.34. The Morgan fingerprint density at radius 1 is 1.30 bits per heavy atom. The summed E-state index contributed by atoms with van der Waals surface area (Å²) >= 11 is 11.9. The van der Waals surface area contributed by atoms with Gasteiger partial charge in [-0.25, -0.2) is 13.1 Å². The van der Waals surface area contributed by atoms with Gasteiger partial charge < -0.3 is 9.84 Å². The molecule has 0 aliphatic rings. The van der Waals surface area contributed by atoms with Crippen molar-refractivity contribution in [2.75, 3.05) is 13.2 Å². The van der Waals surface area contributed by atoms with Crippen LogP contribution in [0.4, 0.5) is 0 Å². The van der Waals surface area contributed by atoms with Gasteiger partial charge in [-0.2, -0.15) is 0 Å². The SMILES string of the molecule is CCOc1cc(Cl)c(S(=O)(=O)N[C@H](CC)CO)cc1Cl. The highest BCUT2D eigenvalue weighted by Gasteiger charge is 2.23. The van der Waals surface area contributed by atoms with E-state index in [2.05, 4.69) is 4.72 Å². The molecule has 0 aliphatic carbocycles. The predicted molar refractivity (Wildman–Crippen MR) is 79.1 cm³/mol. The van der Waals surface area contributed by atoms with E-state index in [0.717, 1.165) is 0 Å². The molecule has 2 N–H and O–H groups in total. The zero-order chi connectivity index (χ0) is 15.3. The van der Waals surface area contributed by atoms with Crippen LogP contribution in [0, 0.1) is 0 Å². The van der Waals surface area contributed by atoms with E-state index in [1.807, 2.05) is 0 Å². The molecule has 1 rings (SSSR count). The lowest BCUT2D eigenvalue weighted by molar-refractivity contribution is 0.254. The van der Waals surface area contributed by atoms with E-state index < -0.39 is 16.1 Å². The van der Waals surface area contributed by atoms with Crippen molar-refractivity contribution in [3.05, 3.63) is 22.2 Å². The molecule has 0 saturated carbocycles. The lowest BCUT2D eigenvalue weighted by Gasteiger charge is -2.16. The van der Waals surface area contributed by atoms with Gasteiger partial charge in [-0.05, 0) is 19.4 Å². The maximum Gasteiger partial charge on any atom is 0.242 e. The van der Waals surface area contributed by atoms with E-state index >= 15 is 0 Å². The van der Waals surface area contributed by atoms with Crippen LogP contribution in [-0.4, -0.2) is 32.8 Å². The summed E-state index contributed by atoms with van der Waals surface area (Å²) in [5.41, 5.74) is 0. The molecule has 1 atom stereocenters. The van der Waals surface area contributed by atoms with Gasteiger partial charge in [0.05, 0.1) is 23.3 Å². The van der Waals surface area contributed by atoms with Crippen molar-refractivity contribution in [1.82, 2.24) is 4.72 Å². The summed E-state index contributed by atoms with van der Waals surface area (Å²) in [6.07, 6.45) is 0.456. The number of nitrogens with one attached hydrogen (secondary N) is 1. The zero-order valence-corrected chi connectivity index (χ0v) is 13.5. The van der Waals surface area contributed by atoms with Crippen LogP contribution in [0.15, 0.2) is 17.0 Å². The van der Waals surface area contributed by atoms with Crippen LogP contribution in [0.5, 0.6) is 5.75 Å². The van der Waals surface area contributed by atoms with Crippen LogP contribution in [0.2, 0.25) is 10.0 Å². The number of sulfonamides is 1. The van der Waals surface area contributed by atoms with Gasteiger partial charge in [0.1, 0.15) is 10.6 Å². The molecule has 0 radical (unpaired) electrons. The van der Waals surface area contributed by atoms with Gasteiger partial charge >= 0.3 is 0 Å². The van der Waals surface area contributed by atoms with Gasteiger partial charge in [0, 0.05) is 12.1 Å². The Hall–Kier alpha value is -0.530. The molecule has 1 aromatic carbocycles. The average molecular weight is 342 g/mol. The highest BCUT2D eigenvalue weighted by Crippen LogP contribution is 2.33. The number of halogens is 2. The molecule has 1 aromatic rings. The molecule has 0 saturated heterocycles. The molecule has 0 aromatic heterocycles. The van der Waals surface area contributed by atoms with Crippen molar-refractivity contribution in [2.24, 2.45) is 0 Å². The van der Waals surface area contributed by atoms with Gasteiger partial charge in [0.15, 0.2) is 0 Å². The standard InChI is InChI=1S/C12H17Cl2NO4S/c1-3-8(7-16)15-20(17,18)12-6-9(13)11(19-4-2)5-10(12)14/h5-6,8,15-16H,3-4,7H2,1-2H3/t8-/m1/s1. The van der Waals surface area contributed by atoms with Crippen LogP contribution in [0.3, 0.4) is 0 Å². The summed E-state index contributed by atoms with van der Waals surface area (Å²) in [6.45, 7) is 3.64. The number of ether oxygens (including phenoxy) is 1. The van der Waals surface area contributed by atoms with Gasteiger partial charge in [-0.15, -0.1) is 0 Å². The smallest absolute Gasteiger partial charge is 0.242 e. The van der Waals surface area contributed by atoms with Crippen molar-refractivity contribution in [3.63, 3.8) is 0 Å². The molecule has 114 valence electrons. The fourth-order valence-electron chi connectivity index (χ4n) is 1.51. The topological polar surface area (TPSA) is 75.6 Å². The maximum absolute atomic E-state index is 12.2. The second kappa shape index (κ2) is 7.47. The minimum Gasteiger partial charge on any atom is -0.492 e. The second-order valence-electron chi connectivity index (χ2n) is 4.06. The Morgan fingerprint density at radius 3 is 2.45 bits per heavy atom. The maximum atomic E-state index is 12.2. The van der Waals surface area contributed by atoms with Crippen LogP contribution in [0.1, 0.15) is 20.3 Å². The van der Waals surface area contributed by atoms with Crippen molar-refractivity contribution >= 4 is 33.2 Å². The molecular formula is C12H17Cl2NO4S. The van der Waals surface area contributed by atoms with E-state index in [9.17, 15) is 8.42 Å². The highest BCUT2D eigenvalue weighted by atomic mass is 35.5. The zero-order valence-electron chi connectivity index (χ0n) is 11.2. The van der Waals surface area contributed by atoms with E-state index in [-0.39, 0.29) is 21.5 Å². The Morgan fingerprint density at radius 2 is 1.95 bits per heavy atom. The van der Waals surface area contributed by atoms with Crippen LogP contribution in [-0.2, 0) is 10.0 Å². The Balaban J connectivity index is 3.16. The third kappa shape index (κ3) is 4.23. The molecule has 8 heteroatoms. The van der Waals surface area contributed by atoms with E-state index in [4.69, 9.17) is 33.0 Å². The van der Waals surface area contributed by atoms with Crippen molar-refractivity contribution in [2.45, 2.75) is 31.2 Å². The number of hydrogen-bond acceptors (Lipinski definition) is 4. The summed E-state index contributed by atoms with van der Waals surface area (Å²) in [5.74, 6) is 0.326. The monoisotopic (exact) mass is 341 g/mol. The first-order valence-electron chi connectivity index (χ1n) is 6.10. The first-order chi connectivity index (χ1) is 9.35. The molecule has 0 aliphatic heterocycles. The van der Waals surface area contributed by atoms with Gasteiger partial charge in [-0.1, -0.05) is 30.1 Å². The number of rotatable bonds is 7. The fraction of sp³-hybridized carbons (Fsp3) is 0.500. The predicted octanol–water partition coefficient (Wildman–Crippen LogP) is 2.44. The van der Waals surface area contributed by atoms with Crippen molar-refractivity contribution < 1.29 is 18.3 Å². The Bertz CT molecular complexity index is 559. The van der Waals surface area contributed by atoms with E-state index in [1.165, 1.54) is 12.1 Å². The van der Waals surface area contributed by atoms with Crippen LogP contribution >= 0.6 is 23.2 Å². The van der Waals surface area contributed by atoms with E-state index in [1.54, 1.807) is 13.8 Å². The number of aliphatic hydroxyl groups excluding tert-OH is 1. The molecule has 0 fully saturated rings. The molecular weight excluding hydrogens is 325 g/mol. The third-order valence-electron chi connectivity index (χ3n) is 2.61. The van der Waals surface area contributed by atoms with Gasteiger partial charge in [0.2, 0.25) is 10.0 Å². The van der Waals surface area contributed by atoms with Crippen LogP contribution in [0.25, 0.3) is 0 Å². The first kappa shape index (κ1) is 17.5. The lowest BCUT2D eigenvalue weighted by atomic mass is 10.3. The quantitative estimate of drug-likeness (QED) is 0.798. The van der Waals surface area contributed by atoms with Crippen LogP contribution < -0.4 is 9.46 Å². The number of aliphatic hydroxyl groups is 1. The minimum absolute atomic E-state index is 0.0122. The largest absolute Gasteiger partial charge is 0.492 e. The van der Waals surface area contributed by atoms with Crippen molar-refractivity contribution in [3.8, 4) is 5.75 Å². The Kier molecular flexibility index (Phi) is 6.54. The molecule has 0 heterocycles. The molecule has 0 bridgehead atoms. The Labute approximate surface area is 128 Å². The highest BCUT2D eigenvalue weighted by molar-refractivity contribution is 7.89. The normalized spacial score (nSPS) is 13.2. The summed E-state index contributed by atoms with van der Waals surface area (Å²) in [6, 6.07) is 2.03. The second-order valence-corrected chi connectivity index (χ2v) is 6.55. The van der Waals surface area contributed by atoms with Crippen molar-refractivity contribution in [1.29, 1.82) is 0 Å². The number of benzene rings is 1. The molecule has 0 unspecified atom stereocenters. The van der Waals surface area contributed by atoms with E-state index in [0.29, 0.717) is 18.8 Å². The summed E-state index contributed by atoms with van der Waals surface area (Å²) in [7, 11) is -3.85. The fourth-order valence-corrected chi connectivity index (χ4v) is 3.65. The molecule has 0 amide bonds. The molecule has 20 heavy (non-hydrogen) atoms. The lowest BCUT2D eigenvalue weighted by Crippen LogP contribution is -2.37. The summed E-state index contributed by atoms with van der Waals surface area (Å²) in [4.78, 5) is -0.139. The van der Waals surface area contributed by atoms with Gasteiger partial charge in [-0.3, -0.25) is 0 Å². The molecule has 5 nitrogen and oxygen atoms in total. The number of hydrogen-bond donors (Lipinski definition) is 2.